The molecule has 0 saturated carbocycles. The van der Waals surface area contributed by atoms with Gasteiger partial charge in [-0.3, -0.25) is 0 Å². The lowest BCUT2D eigenvalue weighted by Crippen LogP contribution is -2.07. The molecule has 0 spiro atoms. The predicted octanol–water partition coefficient (Wildman–Crippen LogP) is 4.81. The van der Waals surface area contributed by atoms with Crippen LogP contribution in [-0.4, -0.2) is 0 Å². The van der Waals surface area contributed by atoms with Gasteiger partial charge < -0.3 is 0 Å². The molecule has 0 N–H and O–H groups in total. The minimum Gasteiger partial charge on any atom is -0.0843 e. The van der Waals surface area contributed by atoms with Crippen molar-refractivity contribution in [3.05, 3.63) is 34.3 Å². The molecule has 0 bridgehead atoms. The van der Waals surface area contributed by atoms with Crippen LogP contribution in [0.1, 0.15) is 50.2 Å². The van der Waals surface area contributed by atoms with Crippen molar-refractivity contribution in [2.75, 3.05) is 0 Å². The van der Waals surface area contributed by atoms with Crippen molar-refractivity contribution in [3.63, 3.8) is 0 Å². The van der Waals surface area contributed by atoms with Crippen LogP contribution in [0.2, 0.25) is 5.02 Å². The Balaban J connectivity index is 2.40. The van der Waals surface area contributed by atoms with Gasteiger partial charge in [0, 0.05) is 5.02 Å². The molecule has 1 atom stereocenters. The van der Waals surface area contributed by atoms with Crippen LogP contribution >= 0.6 is 11.6 Å². The Morgan fingerprint density at radius 1 is 1.27 bits per heavy atom. The summed E-state index contributed by atoms with van der Waals surface area (Å²) in [4.78, 5) is 0. The smallest absolute Gasteiger partial charge is 0.0408 e. The monoisotopic (exact) mass is 222 g/mol. The molecular formula is C14H19Cl. The first kappa shape index (κ1) is 11.0. The van der Waals surface area contributed by atoms with Gasteiger partial charge in [-0.15, -0.1) is 0 Å². The number of hydrogen-bond donors (Lipinski definition) is 0. The Kier molecular flexibility index (Phi) is 3.35. The van der Waals surface area contributed by atoms with Gasteiger partial charge >= 0.3 is 0 Å². The van der Waals surface area contributed by atoms with Gasteiger partial charge in [0.2, 0.25) is 0 Å². The van der Waals surface area contributed by atoms with Crippen LogP contribution in [0.5, 0.6) is 0 Å². The van der Waals surface area contributed by atoms with Crippen molar-refractivity contribution in [2.45, 2.75) is 45.4 Å². The Hall–Kier alpha value is -0.490. The van der Waals surface area contributed by atoms with Crippen LogP contribution in [0.3, 0.4) is 0 Å². The average Bonchev–Trinajstić information content (AvgIpc) is 2.38. The summed E-state index contributed by atoms with van der Waals surface area (Å²) in [5.74, 6) is 1.47. The maximum atomic E-state index is 6.06. The summed E-state index contributed by atoms with van der Waals surface area (Å²) in [6, 6.07) is 6.45. The molecule has 15 heavy (non-hydrogen) atoms. The zero-order valence-electron chi connectivity index (χ0n) is 9.59. The van der Waals surface area contributed by atoms with Gasteiger partial charge in [0.1, 0.15) is 0 Å². The van der Waals surface area contributed by atoms with E-state index in [1.165, 1.54) is 31.2 Å². The molecular weight excluding hydrogens is 204 g/mol. The van der Waals surface area contributed by atoms with E-state index < -0.39 is 0 Å². The maximum Gasteiger partial charge on any atom is 0.0408 e. The lowest BCUT2D eigenvalue weighted by Gasteiger charge is -2.21. The SMILES string of the molecule is CC(C)C1CCCCc2cc(Cl)ccc21. The fourth-order valence-corrected chi connectivity index (χ4v) is 2.87. The molecule has 0 aliphatic heterocycles. The Morgan fingerprint density at radius 3 is 2.80 bits per heavy atom. The van der Waals surface area contributed by atoms with E-state index in [2.05, 4.69) is 26.0 Å². The van der Waals surface area contributed by atoms with Crippen LogP contribution < -0.4 is 0 Å². The number of aryl methyl sites for hydroxylation is 1. The van der Waals surface area contributed by atoms with Crippen LogP contribution in [-0.2, 0) is 6.42 Å². The van der Waals surface area contributed by atoms with E-state index in [-0.39, 0.29) is 0 Å². The highest BCUT2D eigenvalue weighted by atomic mass is 35.5. The molecule has 1 aromatic carbocycles. The van der Waals surface area contributed by atoms with Crippen molar-refractivity contribution >= 4 is 11.6 Å². The topological polar surface area (TPSA) is 0 Å². The molecule has 1 heteroatoms. The number of halogens is 1. The molecule has 1 aliphatic carbocycles. The van der Waals surface area contributed by atoms with Gasteiger partial charge in [-0.25, -0.2) is 0 Å². The van der Waals surface area contributed by atoms with Crippen molar-refractivity contribution in [3.8, 4) is 0 Å². The van der Waals surface area contributed by atoms with E-state index >= 15 is 0 Å². The summed E-state index contributed by atoms with van der Waals surface area (Å²) in [7, 11) is 0. The summed E-state index contributed by atoms with van der Waals surface area (Å²) in [6.45, 7) is 4.66. The zero-order chi connectivity index (χ0) is 10.8. The van der Waals surface area contributed by atoms with Gasteiger partial charge in [-0.2, -0.15) is 0 Å². The van der Waals surface area contributed by atoms with E-state index in [1.807, 2.05) is 6.07 Å². The summed E-state index contributed by atoms with van der Waals surface area (Å²) < 4.78 is 0. The Morgan fingerprint density at radius 2 is 2.07 bits per heavy atom. The third-order valence-electron chi connectivity index (χ3n) is 3.52. The lowest BCUT2D eigenvalue weighted by atomic mass is 9.84. The van der Waals surface area contributed by atoms with Gasteiger partial charge in [-0.1, -0.05) is 37.9 Å². The third-order valence-corrected chi connectivity index (χ3v) is 3.76. The van der Waals surface area contributed by atoms with E-state index in [0.717, 1.165) is 16.9 Å². The van der Waals surface area contributed by atoms with Crippen molar-refractivity contribution < 1.29 is 0 Å². The van der Waals surface area contributed by atoms with Crippen LogP contribution in [0.25, 0.3) is 0 Å². The summed E-state index contributed by atoms with van der Waals surface area (Å²) >= 11 is 6.06. The van der Waals surface area contributed by atoms with Crippen molar-refractivity contribution in [1.82, 2.24) is 0 Å². The molecule has 0 amide bonds. The fourth-order valence-electron chi connectivity index (χ4n) is 2.68. The fraction of sp³-hybridized carbons (Fsp3) is 0.571. The molecule has 0 radical (unpaired) electrons. The normalized spacial score (nSPS) is 21.2. The highest BCUT2D eigenvalue weighted by molar-refractivity contribution is 6.30. The minimum atomic E-state index is 0.736. The van der Waals surface area contributed by atoms with Crippen LogP contribution in [0.4, 0.5) is 0 Å². The van der Waals surface area contributed by atoms with Crippen LogP contribution in [0, 0.1) is 5.92 Å². The van der Waals surface area contributed by atoms with E-state index in [0.29, 0.717) is 0 Å². The summed E-state index contributed by atoms with van der Waals surface area (Å²) in [5, 5.41) is 0.887. The molecule has 82 valence electrons. The van der Waals surface area contributed by atoms with E-state index in [9.17, 15) is 0 Å². The minimum absolute atomic E-state index is 0.736. The second kappa shape index (κ2) is 4.57. The van der Waals surface area contributed by atoms with Crippen molar-refractivity contribution in [2.24, 2.45) is 5.92 Å². The highest BCUT2D eigenvalue weighted by Crippen LogP contribution is 2.36. The standard InChI is InChI=1S/C14H19Cl/c1-10(2)13-6-4-3-5-11-9-12(15)7-8-14(11)13/h7-10,13H,3-6H2,1-2H3. The highest BCUT2D eigenvalue weighted by Gasteiger charge is 2.21. The van der Waals surface area contributed by atoms with Gasteiger partial charge in [0.05, 0.1) is 0 Å². The Bertz CT molecular complexity index is 341. The van der Waals surface area contributed by atoms with Crippen LogP contribution in [0.15, 0.2) is 18.2 Å². The van der Waals surface area contributed by atoms with E-state index in [1.54, 1.807) is 5.56 Å². The van der Waals surface area contributed by atoms with Gasteiger partial charge in [0.25, 0.3) is 0 Å². The lowest BCUT2D eigenvalue weighted by molar-refractivity contribution is 0.460. The number of fused-ring (bicyclic) bond motifs is 1. The maximum absolute atomic E-state index is 6.06. The summed E-state index contributed by atoms with van der Waals surface area (Å²) in [6.07, 6.45) is 5.22. The second-order valence-electron chi connectivity index (χ2n) is 4.94. The summed E-state index contributed by atoms with van der Waals surface area (Å²) in [5.41, 5.74) is 3.03. The molecule has 1 aliphatic rings. The molecule has 1 unspecified atom stereocenters. The third kappa shape index (κ3) is 2.36. The quantitative estimate of drug-likeness (QED) is 0.599. The predicted molar refractivity (Wildman–Crippen MR) is 66.6 cm³/mol. The average molecular weight is 223 g/mol. The molecule has 0 heterocycles. The molecule has 1 aromatic rings. The second-order valence-corrected chi connectivity index (χ2v) is 5.38. The molecule has 0 saturated heterocycles. The number of hydrogen-bond acceptors (Lipinski definition) is 0. The molecule has 0 nitrogen and oxygen atoms in total. The molecule has 2 rings (SSSR count). The van der Waals surface area contributed by atoms with Gasteiger partial charge in [0.15, 0.2) is 0 Å². The number of benzene rings is 1. The number of rotatable bonds is 1. The molecule has 0 aromatic heterocycles. The van der Waals surface area contributed by atoms with E-state index in [4.69, 9.17) is 11.6 Å². The van der Waals surface area contributed by atoms with Crippen molar-refractivity contribution in [1.29, 1.82) is 0 Å². The Labute approximate surface area is 97.6 Å². The first-order chi connectivity index (χ1) is 7.18. The molecule has 0 fully saturated rings. The largest absolute Gasteiger partial charge is 0.0843 e. The zero-order valence-corrected chi connectivity index (χ0v) is 10.3. The first-order valence-corrected chi connectivity index (χ1v) is 6.34. The van der Waals surface area contributed by atoms with Gasteiger partial charge in [-0.05, 0) is 54.4 Å². The first-order valence-electron chi connectivity index (χ1n) is 5.97.